The predicted molar refractivity (Wildman–Crippen MR) is 91.6 cm³/mol. The minimum atomic E-state index is 0.0681. The van der Waals surface area contributed by atoms with E-state index in [0.29, 0.717) is 12.8 Å². The normalized spacial score (nSPS) is 13.4. The van der Waals surface area contributed by atoms with Crippen molar-refractivity contribution in [3.05, 3.63) is 65.7 Å². The molecule has 0 aliphatic carbocycles. The van der Waals surface area contributed by atoms with E-state index in [-0.39, 0.29) is 17.9 Å². The third-order valence-corrected chi connectivity index (χ3v) is 4.14. The Kier molecular flexibility index (Phi) is 5.59. The van der Waals surface area contributed by atoms with Gasteiger partial charge in [-0.3, -0.25) is 4.79 Å². The topological polar surface area (TPSA) is 55.1 Å². The SMILES string of the molecule is CC(NC(=O)CCc1ccccc1N)C(C)c1ccccc1. The van der Waals surface area contributed by atoms with Gasteiger partial charge in [-0.25, -0.2) is 0 Å². The fraction of sp³-hybridized carbons (Fsp3) is 0.316. The maximum atomic E-state index is 12.1. The molecule has 3 nitrogen and oxygen atoms in total. The summed E-state index contributed by atoms with van der Waals surface area (Å²) in [5.74, 6) is 0.352. The second kappa shape index (κ2) is 7.64. The van der Waals surface area contributed by atoms with Gasteiger partial charge in [-0.2, -0.15) is 0 Å². The minimum absolute atomic E-state index is 0.0681. The molecule has 22 heavy (non-hydrogen) atoms. The zero-order chi connectivity index (χ0) is 15.9. The largest absolute Gasteiger partial charge is 0.399 e. The number of carbonyl (C=O) groups excluding carboxylic acids is 1. The van der Waals surface area contributed by atoms with Crippen LogP contribution in [0.4, 0.5) is 5.69 Å². The molecule has 0 fully saturated rings. The van der Waals surface area contributed by atoms with E-state index in [9.17, 15) is 4.79 Å². The van der Waals surface area contributed by atoms with Gasteiger partial charge in [-0.1, -0.05) is 55.5 Å². The lowest BCUT2D eigenvalue weighted by atomic mass is 9.94. The van der Waals surface area contributed by atoms with Crippen molar-refractivity contribution in [3.63, 3.8) is 0 Å². The van der Waals surface area contributed by atoms with Gasteiger partial charge in [0, 0.05) is 24.1 Å². The van der Waals surface area contributed by atoms with Crippen LogP contribution in [0.25, 0.3) is 0 Å². The van der Waals surface area contributed by atoms with Gasteiger partial charge in [0.15, 0.2) is 0 Å². The van der Waals surface area contributed by atoms with Crippen molar-refractivity contribution in [3.8, 4) is 0 Å². The summed E-state index contributed by atoms with van der Waals surface area (Å²) in [6.07, 6.45) is 1.13. The van der Waals surface area contributed by atoms with E-state index in [0.717, 1.165) is 11.3 Å². The third kappa shape index (κ3) is 4.35. The number of nitrogens with one attached hydrogen (secondary N) is 1. The second-order valence-electron chi connectivity index (χ2n) is 5.75. The van der Waals surface area contributed by atoms with E-state index in [1.165, 1.54) is 5.56 Å². The summed E-state index contributed by atoms with van der Waals surface area (Å²) in [5.41, 5.74) is 8.92. The molecule has 0 aromatic heterocycles. The zero-order valence-corrected chi connectivity index (χ0v) is 13.3. The Hall–Kier alpha value is -2.29. The second-order valence-corrected chi connectivity index (χ2v) is 5.75. The summed E-state index contributed by atoms with van der Waals surface area (Å²) in [6.45, 7) is 4.18. The van der Waals surface area contributed by atoms with Crippen LogP contribution in [0.5, 0.6) is 0 Å². The highest BCUT2D eigenvalue weighted by Crippen LogP contribution is 2.19. The first-order valence-corrected chi connectivity index (χ1v) is 7.75. The quantitative estimate of drug-likeness (QED) is 0.801. The molecule has 1 amide bonds. The van der Waals surface area contributed by atoms with Crippen molar-refractivity contribution >= 4 is 11.6 Å². The summed E-state index contributed by atoms with van der Waals surface area (Å²) in [5, 5.41) is 3.09. The number of para-hydroxylation sites is 1. The number of hydrogen-bond acceptors (Lipinski definition) is 2. The Morgan fingerprint density at radius 1 is 1.05 bits per heavy atom. The van der Waals surface area contributed by atoms with E-state index < -0.39 is 0 Å². The van der Waals surface area contributed by atoms with Gasteiger partial charge in [0.2, 0.25) is 5.91 Å². The third-order valence-electron chi connectivity index (χ3n) is 4.14. The summed E-state index contributed by atoms with van der Waals surface area (Å²) >= 11 is 0. The van der Waals surface area contributed by atoms with Gasteiger partial charge >= 0.3 is 0 Å². The maximum absolute atomic E-state index is 12.1. The van der Waals surface area contributed by atoms with Gasteiger partial charge < -0.3 is 11.1 Å². The first kappa shape index (κ1) is 16.1. The summed E-state index contributed by atoms with van der Waals surface area (Å²) in [7, 11) is 0. The molecular weight excluding hydrogens is 272 g/mol. The van der Waals surface area contributed by atoms with Crippen molar-refractivity contribution in [2.75, 3.05) is 5.73 Å². The molecule has 0 aliphatic rings. The average Bonchev–Trinajstić information content (AvgIpc) is 2.54. The van der Waals surface area contributed by atoms with E-state index in [1.807, 2.05) is 49.4 Å². The highest BCUT2D eigenvalue weighted by Gasteiger charge is 2.16. The molecule has 2 atom stereocenters. The Morgan fingerprint density at radius 3 is 2.36 bits per heavy atom. The molecule has 0 spiro atoms. The van der Waals surface area contributed by atoms with Gasteiger partial charge in [-0.05, 0) is 30.5 Å². The van der Waals surface area contributed by atoms with Gasteiger partial charge in [0.05, 0.1) is 0 Å². The van der Waals surface area contributed by atoms with Crippen LogP contribution < -0.4 is 11.1 Å². The molecule has 0 saturated heterocycles. The minimum Gasteiger partial charge on any atom is -0.399 e. The lowest BCUT2D eigenvalue weighted by Gasteiger charge is -2.21. The van der Waals surface area contributed by atoms with Crippen molar-refractivity contribution in [2.45, 2.75) is 38.6 Å². The smallest absolute Gasteiger partial charge is 0.220 e. The number of rotatable bonds is 6. The Balaban J connectivity index is 1.85. The number of anilines is 1. The molecule has 0 heterocycles. The number of benzene rings is 2. The zero-order valence-electron chi connectivity index (χ0n) is 13.3. The molecule has 116 valence electrons. The highest BCUT2D eigenvalue weighted by atomic mass is 16.1. The van der Waals surface area contributed by atoms with Gasteiger partial charge in [-0.15, -0.1) is 0 Å². The maximum Gasteiger partial charge on any atom is 0.220 e. The van der Waals surface area contributed by atoms with Crippen LogP contribution in [0, 0.1) is 0 Å². The predicted octanol–water partition coefficient (Wildman–Crippen LogP) is 3.51. The number of aryl methyl sites for hydroxylation is 1. The van der Waals surface area contributed by atoms with E-state index in [1.54, 1.807) is 0 Å². The summed E-state index contributed by atoms with van der Waals surface area (Å²) < 4.78 is 0. The standard InChI is InChI=1S/C19H24N2O/c1-14(16-8-4-3-5-9-16)15(2)21-19(22)13-12-17-10-6-7-11-18(17)20/h3-11,14-15H,12-13,20H2,1-2H3,(H,21,22). The lowest BCUT2D eigenvalue weighted by molar-refractivity contribution is -0.121. The number of carbonyl (C=O) groups is 1. The first-order chi connectivity index (χ1) is 10.6. The van der Waals surface area contributed by atoms with E-state index in [4.69, 9.17) is 5.73 Å². The number of nitrogens with two attached hydrogens (primary N) is 1. The van der Waals surface area contributed by atoms with Crippen LogP contribution in [0.3, 0.4) is 0 Å². The first-order valence-electron chi connectivity index (χ1n) is 7.75. The number of hydrogen-bond donors (Lipinski definition) is 2. The van der Waals surface area contributed by atoms with Crippen LogP contribution in [-0.4, -0.2) is 11.9 Å². The molecule has 0 bridgehead atoms. The lowest BCUT2D eigenvalue weighted by Crippen LogP contribution is -2.36. The highest BCUT2D eigenvalue weighted by molar-refractivity contribution is 5.76. The van der Waals surface area contributed by atoms with Crippen molar-refractivity contribution < 1.29 is 4.79 Å². The van der Waals surface area contributed by atoms with Gasteiger partial charge in [0.25, 0.3) is 0 Å². The molecule has 2 aromatic rings. The molecule has 2 unspecified atom stereocenters. The van der Waals surface area contributed by atoms with E-state index in [2.05, 4.69) is 24.4 Å². The average molecular weight is 296 g/mol. The van der Waals surface area contributed by atoms with Crippen LogP contribution in [0.1, 0.15) is 37.3 Å². The van der Waals surface area contributed by atoms with Crippen LogP contribution in [0.2, 0.25) is 0 Å². The van der Waals surface area contributed by atoms with Crippen molar-refractivity contribution in [2.24, 2.45) is 0 Å². The summed E-state index contributed by atoms with van der Waals surface area (Å²) in [6, 6.07) is 18.0. The van der Waals surface area contributed by atoms with Crippen molar-refractivity contribution in [1.29, 1.82) is 0 Å². The molecule has 0 saturated carbocycles. The molecule has 3 N–H and O–H groups in total. The molecule has 2 rings (SSSR count). The van der Waals surface area contributed by atoms with Crippen LogP contribution >= 0.6 is 0 Å². The molecule has 0 aliphatic heterocycles. The van der Waals surface area contributed by atoms with Crippen LogP contribution in [0.15, 0.2) is 54.6 Å². The van der Waals surface area contributed by atoms with E-state index >= 15 is 0 Å². The Labute approximate surface area is 132 Å². The fourth-order valence-electron chi connectivity index (χ4n) is 2.51. The molecule has 2 aromatic carbocycles. The number of amides is 1. The van der Waals surface area contributed by atoms with Crippen molar-refractivity contribution in [1.82, 2.24) is 5.32 Å². The summed E-state index contributed by atoms with van der Waals surface area (Å²) in [4.78, 5) is 12.1. The number of nitrogen functional groups attached to an aromatic ring is 1. The van der Waals surface area contributed by atoms with Crippen LogP contribution in [-0.2, 0) is 11.2 Å². The molecular formula is C19H24N2O. The monoisotopic (exact) mass is 296 g/mol. The Bertz CT molecular complexity index is 610. The fourth-order valence-corrected chi connectivity index (χ4v) is 2.51. The van der Waals surface area contributed by atoms with Gasteiger partial charge in [0.1, 0.15) is 0 Å². The molecule has 3 heteroatoms. The Morgan fingerprint density at radius 2 is 1.68 bits per heavy atom. The molecule has 0 radical (unpaired) electrons.